The number of anilines is 1. The van der Waals surface area contributed by atoms with E-state index in [9.17, 15) is 21.6 Å². The maximum Gasteiger partial charge on any atom is 0.420 e. The fourth-order valence-corrected chi connectivity index (χ4v) is 6.23. The van der Waals surface area contributed by atoms with Crippen LogP contribution in [0.3, 0.4) is 0 Å². The highest BCUT2D eigenvalue weighted by molar-refractivity contribution is 7.88. The molecule has 2 aromatic heterocycles. The maximum atomic E-state index is 15.2. The minimum Gasteiger partial charge on any atom is -0.492 e. The first kappa shape index (κ1) is 30.2. The topological polar surface area (TPSA) is 105 Å². The molecule has 0 saturated carbocycles. The lowest BCUT2D eigenvalue weighted by Gasteiger charge is -2.30. The highest BCUT2D eigenvalue weighted by atomic mass is 32.2. The second kappa shape index (κ2) is 11.8. The Morgan fingerprint density at radius 1 is 1.12 bits per heavy atom. The molecule has 5 rings (SSSR count). The third-order valence-electron chi connectivity index (χ3n) is 7.77. The molecule has 10 nitrogen and oxygen atoms in total. The Morgan fingerprint density at radius 2 is 1.86 bits per heavy atom. The molecule has 0 amide bonds. The standard InChI is InChI=1S/C27H33F4N7O3S/c1-17-33-23(15-38(17)24-7-6-20(13-22(24)28)41-16-19-5-4-10-36(19)2)25-21(27(29,30)31)14-32-26(35-25)34-18-8-11-37(12-9-18)42(3,39)40/h6-7,13-15,18-19H,4-5,8-12,16H2,1-3H3,(H,32,34,35). The van der Waals surface area contributed by atoms with Crippen LogP contribution in [0.1, 0.15) is 37.1 Å². The number of ether oxygens (including phenoxy) is 1. The van der Waals surface area contributed by atoms with Gasteiger partial charge in [-0.05, 0) is 58.3 Å². The van der Waals surface area contributed by atoms with Gasteiger partial charge in [-0.15, -0.1) is 0 Å². The largest absolute Gasteiger partial charge is 0.492 e. The molecule has 1 N–H and O–H groups in total. The summed E-state index contributed by atoms with van der Waals surface area (Å²) in [5.74, 6) is -0.0215. The molecule has 2 fully saturated rings. The van der Waals surface area contributed by atoms with E-state index in [4.69, 9.17) is 4.74 Å². The molecule has 0 radical (unpaired) electrons. The second-order valence-electron chi connectivity index (χ2n) is 10.8. The molecule has 2 aliphatic rings. The van der Waals surface area contributed by atoms with E-state index in [0.717, 1.165) is 25.6 Å². The number of nitrogens with zero attached hydrogens (tertiary/aromatic N) is 6. The zero-order valence-corrected chi connectivity index (χ0v) is 24.3. The average Bonchev–Trinajstić information content (AvgIpc) is 3.51. The van der Waals surface area contributed by atoms with E-state index >= 15 is 4.39 Å². The number of imidazole rings is 1. The minimum absolute atomic E-state index is 0.0383. The summed E-state index contributed by atoms with van der Waals surface area (Å²) < 4.78 is 89.1. The summed E-state index contributed by atoms with van der Waals surface area (Å²) in [5.41, 5.74) is -1.52. The molecule has 2 saturated heterocycles. The number of hydrogen-bond acceptors (Lipinski definition) is 8. The van der Waals surface area contributed by atoms with Crippen molar-refractivity contribution in [1.29, 1.82) is 0 Å². The van der Waals surface area contributed by atoms with E-state index in [1.807, 2.05) is 7.05 Å². The number of likely N-dealkylation sites (tertiary alicyclic amines) is 1. The molecule has 0 aliphatic carbocycles. The van der Waals surface area contributed by atoms with Crippen LogP contribution in [0.2, 0.25) is 0 Å². The van der Waals surface area contributed by atoms with Crippen LogP contribution in [-0.4, -0.2) is 88.8 Å². The second-order valence-corrected chi connectivity index (χ2v) is 12.8. The minimum atomic E-state index is -4.76. The lowest BCUT2D eigenvalue weighted by Crippen LogP contribution is -2.42. The van der Waals surface area contributed by atoms with Crippen molar-refractivity contribution < 1.29 is 30.7 Å². The van der Waals surface area contributed by atoms with Crippen molar-refractivity contribution in [3.05, 3.63) is 47.8 Å². The lowest BCUT2D eigenvalue weighted by atomic mass is 10.1. The molecule has 1 unspecified atom stereocenters. The van der Waals surface area contributed by atoms with E-state index in [1.165, 1.54) is 27.2 Å². The van der Waals surface area contributed by atoms with Crippen LogP contribution < -0.4 is 10.1 Å². The molecule has 0 bridgehead atoms. The van der Waals surface area contributed by atoms with Gasteiger partial charge >= 0.3 is 6.18 Å². The van der Waals surface area contributed by atoms with Crippen molar-refractivity contribution in [1.82, 2.24) is 28.7 Å². The Morgan fingerprint density at radius 3 is 2.48 bits per heavy atom. The number of halogens is 4. The van der Waals surface area contributed by atoms with Crippen LogP contribution in [0.15, 0.2) is 30.6 Å². The molecule has 3 aromatic rings. The highest BCUT2D eigenvalue weighted by Crippen LogP contribution is 2.36. The Bertz CT molecular complexity index is 1540. The van der Waals surface area contributed by atoms with Crippen LogP contribution >= 0.6 is 0 Å². The summed E-state index contributed by atoms with van der Waals surface area (Å²) in [6, 6.07) is 4.42. The van der Waals surface area contributed by atoms with Crippen LogP contribution in [-0.2, 0) is 16.2 Å². The zero-order valence-electron chi connectivity index (χ0n) is 23.5. The van der Waals surface area contributed by atoms with Crippen LogP contribution in [0.5, 0.6) is 5.75 Å². The first-order valence-corrected chi connectivity index (χ1v) is 15.5. The van der Waals surface area contributed by atoms with Gasteiger partial charge in [0.1, 0.15) is 35.1 Å². The van der Waals surface area contributed by atoms with Gasteiger partial charge in [-0.3, -0.25) is 0 Å². The highest BCUT2D eigenvalue weighted by Gasteiger charge is 2.37. The van der Waals surface area contributed by atoms with E-state index in [2.05, 4.69) is 25.2 Å². The number of sulfonamides is 1. The summed E-state index contributed by atoms with van der Waals surface area (Å²) in [6.07, 6.45) is 1.36. The Labute approximate surface area is 241 Å². The number of aromatic nitrogens is 4. The van der Waals surface area contributed by atoms with E-state index in [0.29, 0.717) is 31.4 Å². The van der Waals surface area contributed by atoms with Crippen LogP contribution in [0.4, 0.5) is 23.5 Å². The van der Waals surface area contributed by atoms with Gasteiger partial charge in [0, 0.05) is 43.6 Å². The molecule has 1 atom stereocenters. The molecular formula is C27H33F4N7O3S. The first-order chi connectivity index (χ1) is 19.8. The monoisotopic (exact) mass is 611 g/mol. The number of nitrogens with one attached hydrogen (secondary N) is 1. The SMILES string of the molecule is Cc1nc(-c2nc(NC3CCN(S(C)(=O)=O)CC3)ncc2C(F)(F)F)cn1-c1ccc(OCC2CCCN2C)cc1F. The van der Waals surface area contributed by atoms with E-state index in [-0.39, 0.29) is 48.3 Å². The van der Waals surface area contributed by atoms with E-state index < -0.39 is 33.3 Å². The van der Waals surface area contributed by atoms with Crippen molar-refractivity contribution in [2.45, 2.75) is 50.9 Å². The fourth-order valence-electron chi connectivity index (χ4n) is 5.35. The normalized spacial score (nSPS) is 19.4. The number of likely N-dealkylation sites (N-methyl/N-ethyl adjacent to an activating group) is 1. The summed E-state index contributed by atoms with van der Waals surface area (Å²) in [6.45, 7) is 3.55. The number of benzene rings is 1. The number of piperidine rings is 1. The smallest absolute Gasteiger partial charge is 0.420 e. The van der Waals surface area contributed by atoms with Gasteiger partial charge in [0.05, 0.1) is 11.9 Å². The molecule has 1 aromatic carbocycles. The molecule has 2 aliphatic heterocycles. The summed E-state index contributed by atoms with van der Waals surface area (Å²) in [7, 11) is -1.30. The van der Waals surface area contributed by atoms with Crippen molar-refractivity contribution in [3.63, 3.8) is 0 Å². The van der Waals surface area contributed by atoms with Crippen molar-refractivity contribution in [2.75, 3.05) is 44.9 Å². The first-order valence-electron chi connectivity index (χ1n) is 13.6. The van der Waals surface area contributed by atoms with Crippen molar-refractivity contribution in [3.8, 4) is 22.8 Å². The summed E-state index contributed by atoms with van der Waals surface area (Å²) in [4.78, 5) is 14.5. The molecule has 228 valence electrons. The predicted octanol–water partition coefficient (Wildman–Crippen LogP) is 4.10. The molecule has 0 spiro atoms. The summed E-state index contributed by atoms with van der Waals surface area (Å²) in [5, 5.41) is 3.02. The average molecular weight is 612 g/mol. The van der Waals surface area contributed by atoms with Gasteiger partial charge < -0.3 is 19.5 Å². The predicted molar refractivity (Wildman–Crippen MR) is 148 cm³/mol. The molecule has 15 heteroatoms. The molecule has 42 heavy (non-hydrogen) atoms. The number of rotatable bonds is 8. The fraction of sp³-hybridized carbons (Fsp3) is 0.519. The van der Waals surface area contributed by atoms with Gasteiger partial charge in [-0.2, -0.15) is 13.2 Å². The number of alkyl halides is 3. The quantitative estimate of drug-likeness (QED) is 0.380. The Hall–Kier alpha value is -3.30. The lowest BCUT2D eigenvalue weighted by molar-refractivity contribution is -0.137. The van der Waals surface area contributed by atoms with Gasteiger partial charge in [-0.25, -0.2) is 32.1 Å². The maximum absolute atomic E-state index is 15.2. The number of aryl methyl sites for hydroxylation is 1. The summed E-state index contributed by atoms with van der Waals surface area (Å²) >= 11 is 0. The third kappa shape index (κ3) is 6.68. The van der Waals surface area contributed by atoms with E-state index in [1.54, 1.807) is 13.0 Å². The van der Waals surface area contributed by atoms with Crippen LogP contribution in [0, 0.1) is 12.7 Å². The van der Waals surface area contributed by atoms with Crippen LogP contribution in [0.25, 0.3) is 17.1 Å². The van der Waals surface area contributed by atoms with Crippen molar-refractivity contribution in [2.24, 2.45) is 0 Å². The van der Waals surface area contributed by atoms with Gasteiger partial charge in [0.15, 0.2) is 5.82 Å². The van der Waals surface area contributed by atoms with Crippen molar-refractivity contribution >= 4 is 16.0 Å². The van der Waals surface area contributed by atoms with Gasteiger partial charge in [-0.1, -0.05) is 0 Å². The number of hydrogen-bond donors (Lipinski definition) is 1. The third-order valence-corrected chi connectivity index (χ3v) is 9.07. The van der Waals surface area contributed by atoms with Gasteiger partial charge in [0.25, 0.3) is 0 Å². The zero-order chi connectivity index (χ0) is 30.2. The Kier molecular flexibility index (Phi) is 8.45. The Balaban J connectivity index is 1.37. The molecular weight excluding hydrogens is 578 g/mol. The van der Waals surface area contributed by atoms with Gasteiger partial charge in [0.2, 0.25) is 16.0 Å². The molecule has 4 heterocycles.